The normalized spacial score (nSPS) is 21.6. The molecule has 0 spiro atoms. The monoisotopic (exact) mass is 419 g/mol. The van der Waals surface area contributed by atoms with Gasteiger partial charge in [-0.1, -0.05) is 42.5 Å². The maximum absolute atomic E-state index is 13.3. The molecule has 0 aliphatic carbocycles. The Bertz CT molecular complexity index is 958. The Labute approximate surface area is 182 Å². The van der Waals surface area contributed by atoms with Crippen LogP contribution in [0, 0.1) is 0 Å². The number of nitrogens with zero attached hydrogens (tertiary/aromatic N) is 1. The van der Waals surface area contributed by atoms with Gasteiger partial charge in [0, 0.05) is 18.3 Å². The number of nitrogens with two attached hydrogens (primary N) is 2. The van der Waals surface area contributed by atoms with Crippen molar-refractivity contribution in [2.24, 2.45) is 11.5 Å². The Balaban J connectivity index is 1.41. The number of benzene rings is 2. The average Bonchev–Trinajstić information content (AvgIpc) is 3.30. The highest BCUT2D eigenvalue weighted by atomic mass is 16.2. The Morgan fingerprint density at radius 1 is 1.06 bits per heavy atom. The van der Waals surface area contributed by atoms with E-state index in [2.05, 4.69) is 22.8 Å². The molecular formula is C24H29N5O2. The van der Waals surface area contributed by atoms with Crippen LogP contribution in [0.2, 0.25) is 0 Å². The highest BCUT2D eigenvalue weighted by Crippen LogP contribution is 2.24. The lowest BCUT2D eigenvalue weighted by Gasteiger charge is -2.40. The number of rotatable bonds is 6. The predicted octanol–water partition coefficient (Wildman–Crippen LogP) is 1.55. The fraction of sp³-hybridized carbons (Fsp3) is 0.333. The summed E-state index contributed by atoms with van der Waals surface area (Å²) in [5.74, 6) is -0.511. The number of carbonyl (C=O) groups excluding carboxylic acids is 2. The van der Waals surface area contributed by atoms with Gasteiger partial charge in [0.1, 0.15) is 6.17 Å². The summed E-state index contributed by atoms with van der Waals surface area (Å²) in [6, 6.07) is 16.5. The van der Waals surface area contributed by atoms with Crippen LogP contribution in [0.15, 0.2) is 60.8 Å². The number of amides is 2. The van der Waals surface area contributed by atoms with Crippen LogP contribution < -0.4 is 22.1 Å². The maximum Gasteiger partial charge on any atom is 0.248 e. The Morgan fingerprint density at radius 3 is 2.52 bits per heavy atom. The molecule has 2 aliphatic rings. The van der Waals surface area contributed by atoms with Crippen molar-refractivity contribution in [2.75, 3.05) is 6.54 Å². The first-order valence-electron chi connectivity index (χ1n) is 10.8. The maximum atomic E-state index is 13.3. The Kier molecular flexibility index (Phi) is 6.23. The standard InChI is InChI=1S/C24H29N5O2/c25-19(14-16-9-11-18(12-10-16)22(26)30)24(31)29-13-5-4-8-21(29)23-27-15-20(28-23)17-6-2-1-3-7-17/h1-3,6-7,9-12,15,19,21,23,27-28H,4-5,8,13-14,25H2,(H2,26,30)/t19-,21-,23?/m0/s1. The van der Waals surface area contributed by atoms with E-state index < -0.39 is 11.9 Å². The van der Waals surface area contributed by atoms with E-state index in [4.69, 9.17) is 11.5 Å². The smallest absolute Gasteiger partial charge is 0.248 e. The minimum absolute atomic E-state index is 0.0296. The predicted molar refractivity (Wildman–Crippen MR) is 120 cm³/mol. The summed E-state index contributed by atoms with van der Waals surface area (Å²) in [6.45, 7) is 0.707. The van der Waals surface area contributed by atoms with E-state index in [1.165, 1.54) is 0 Å². The zero-order valence-corrected chi connectivity index (χ0v) is 17.5. The van der Waals surface area contributed by atoms with Crippen LogP contribution in [-0.2, 0) is 11.2 Å². The highest BCUT2D eigenvalue weighted by Gasteiger charge is 2.36. The van der Waals surface area contributed by atoms with Crippen LogP contribution in [0.4, 0.5) is 0 Å². The van der Waals surface area contributed by atoms with E-state index in [9.17, 15) is 9.59 Å². The minimum Gasteiger partial charge on any atom is -0.368 e. The Hall–Kier alpha value is -3.32. The van der Waals surface area contributed by atoms with Crippen LogP contribution in [0.1, 0.15) is 40.7 Å². The summed E-state index contributed by atoms with van der Waals surface area (Å²) in [5, 5.41) is 6.95. The molecule has 1 saturated heterocycles. The van der Waals surface area contributed by atoms with Crippen LogP contribution in [-0.4, -0.2) is 41.5 Å². The molecule has 1 fully saturated rings. The van der Waals surface area contributed by atoms with Gasteiger partial charge < -0.3 is 27.0 Å². The number of likely N-dealkylation sites (tertiary alicyclic amines) is 1. The molecule has 2 heterocycles. The van der Waals surface area contributed by atoms with Gasteiger partial charge >= 0.3 is 0 Å². The molecule has 0 bridgehead atoms. The molecule has 3 atom stereocenters. The summed E-state index contributed by atoms with van der Waals surface area (Å²) >= 11 is 0. The van der Waals surface area contributed by atoms with E-state index >= 15 is 0 Å². The van der Waals surface area contributed by atoms with E-state index in [0.717, 1.165) is 36.1 Å². The van der Waals surface area contributed by atoms with E-state index in [0.29, 0.717) is 18.5 Å². The van der Waals surface area contributed by atoms with Crippen molar-refractivity contribution in [3.8, 4) is 0 Å². The molecule has 1 unspecified atom stereocenters. The molecule has 7 nitrogen and oxygen atoms in total. The molecule has 2 aromatic carbocycles. The van der Waals surface area contributed by atoms with Gasteiger partial charge in [0.05, 0.1) is 17.8 Å². The molecule has 6 N–H and O–H groups in total. The number of hydrogen-bond donors (Lipinski definition) is 4. The first-order chi connectivity index (χ1) is 15.0. The van der Waals surface area contributed by atoms with Gasteiger partial charge in [-0.2, -0.15) is 0 Å². The topological polar surface area (TPSA) is 113 Å². The molecule has 7 heteroatoms. The van der Waals surface area contributed by atoms with Crippen LogP contribution >= 0.6 is 0 Å². The molecule has 2 amide bonds. The number of hydrogen-bond acceptors (Lipinski definition) is 5. The molecule has 2 aromatic rings. The Morgan fingerprint density at radius 2 is 1.81 bits per heavy atom. The molecule has 31 heavy (non-hydrogen) atoms. The minimum atomic E-state index is -0.636. The van der Waals surface area contributed by atoms with E-state index in [-0.39, 0.29) is 18.1 Å². The van der Waals surface area contributed by atoms with Gasteiger partial charge in [0.2, 0.25) is 11.8 Å². The van der Waals surface area contributed by atoms with Gasteiger partial charge in [0.15, 0.2) is 0 Å². The van der Waals surface area contributed by atoms with E-state index in [1.54, 1.807) is 24.3 Å². The zero-order valence-electron chi connectivity index (χ0n) is 17.5. The van der Waals surface area contributed by atoms with Gasteiger partial charge in [-0.3, -0.25) is 9.59 Å². The molecule has 0 aromatic heterocycles. The van der Waals surface area contributed by atoms with Crippen molar-refractivity contribution in [3.63, 3.8) is 0 Å². The second-order valence-corrected chi connectivity index (χ2v) is 8.18. The molecular weight excluding hydrogens is 390 g/mol. The first kappa shape index (κ1) is 20.9. The molecule has 0 radical (unpaired) electrons. The van der Waals surface area contributed by atoms with Gasteiger partial charge in [-0.05, 0) is 48.9 Å². The molecule has 2 aliphatic heterocycles. The molecule has 4 rings (SSSR count). The quantitative estimate of drug-likeness (QED) is 0.567. The average molecular weight is 420 g/mol. The number of nitrogens with one attached hydrogen (secondary N) is 2. The van der Waals surface area contributed by atoms with Crippen molar-refractivity contribution in [1.82, 2.24) is 15.5 Å². The third kappa shape index (κ3) is 4.72. The van der Waals surface area contributed by atoms with Crippen molar-refractivity contribution in [2.45, 2.75) is 43.9 Å². The SMILES string of the molecule is NC(=O)c1ccc(C[C@H](N)C(=O)N2CCCC[C@H]2C2NC=C(c3ccccc3)N2)cc1. The van der Waals surface area contributed by atoms with Crippen molar-refractivity contribution < 1.29 is 9.59 Å². The van der Waals surface area contributed by atoms with Crippen LogP contribution in [0.25, 0.3) is 5.70 Å². The van der Waals surface area contributed by atoms with Crippen molar-refractivity contribution in [1.29, 1.82) is 0 Å². The fourth-order valence-electron chi connectivity index (χ4n) is 4.35. The lowest BCUT2D eigenvalue weighted by Crippen LogP contribution is -2.59. The largest absolute Gasteiger partial charge is 0.368 e. The highest BCUT2D eigenvalue weighted by molar-refractivity contribution is 5.92. The van der Waals surface area contributed by atoms with E-state index in [1.807, 2.05) is 29.3 Å². The molecule has 162 valence electrons. The summed E-state index contributed by atoms with van der Waals surface area (Å²) in [4.78, 5) is 26.4. The third-order valence-electron chi connectivity index (χ3n) is 6.03. The number of carbonyl (C=O) groups is 2. The van der Waals surface area contributed by atoms with Crippen LogP contribution in [0.3, 0.4) is 0 Å². The van der Waals surface area contributed by atoms with Gasteiger partial charge in [-0.15, -0.1) is 0 Å². The number of primary amides is 1. The summed E-state index contributed by atoms with van der Waals surface area (Å²) in [6.07, 6.45) is 5.35. The van der Waals surface area contributed by atoms with Gasteiger partial charge in [-0.25, -0.2) is 0 Å². The van der Waals surface area contributed by atoms with Gasteiger partial charge in [0.25, 0.3) is 0 Å². The summed E-state index contributed by atoms with van der Waals surface area (Å²) in [5.41, 5.74) is 15.1. The molecule has 0 saturated carbocycles. The second kappa shape index (κ2) is 9.22. The summed E-state index contributed by atoms with van der Waals surface area (Å²) < 4.78 is 0. The van der Waals surface area contributed by atoms with Crippen molar-refractivity contribution in [3.05, 3.63) is 77.5 Å². The second-order valence-electron chi connectivity index (χ2n) is 8.18. The number of piperidine rings is 1. The van der Waals surface area contributed by atoms with Crippen molar-refractivity contribution >= 4 is 17.5 Å². The zero-order chi connectivity index (χ0) is 21.8. The van der Waals surface area contributed by atoms with Crippen LogP contribution in [0.5, 0.6) is 0 Å². The first-order valence-corrected chi connectivity index (χ1v) is 10.8. The fourth-order valence-corrected chi connectivity index (χ4v) is 4.35. The summed E-state index contributed by atoms with van der Waals surface area (Å²) in [7, 11) is 0. The lowest BCUT2D eigenvalue weighted by molar-refractivity contribution is -0.137. The lowest BCUT2D eigenvalue weighted by atomic mass is 9.97. The third-order valence-corrected chi connectivity index (χ3v) is 6.03.